The molecule has 0 atom stereocenters. The molecule has 3 aromatic rings. The Balaban J connectivity index is 1.36. The molecular weight excluding hydrogens is 412 g/mol. The van der Waals surface area contributed by atoms with Gasteiger partial charge in [-0.3, -0.25) is 9.78 Å². The number of halogens is 3. The maximum atomic E-state index is 13.7. The number of anilines is 1. The molecule has 1 N–H and O–H groups in total. The van der Waals surface area contributed by atoms with Crippen LogP contribution in [0.5, 0.6) is 0 Å². The van der Waals surface area contributed by atoms with E-state index in [2.05, 4.69) is 15.2 Å². The second-order valence-electron chi connectivity index (χ2n) is 7.26. The number of nitrogens with one attached hydrogen (secondary N) is 1. The molecule has 0 unspecified atom stereocenters. The molecule has 1 amide bonds. The third kappa shape index (κ3) is 4.46. The normalized spacial score (nSPS) is 14.9. The molecule has 0 bridgehead atoms. The summed E-state index contributed by atoms with van der Waals surface area (Å²) >= 11 is 11.9. The van der Waals surface area contributed by atoms with Crippen molar-refractivity contribution in [2.75, 3.05) is 24.5 Å². The van der Waals surface area contributed by atoms with Gasteiger partial charge in [-0.25, -0.2) is 4.39 Å². The number of carbonyl (C=O) groups excluding carboxylic acids is 1. The highest BCUT2D eigenvalue weighted by Gasteiger charge is 2.21. The van der Waals surface area contributed by atoms with Gasteiger partial charge in [-0.1, -0.05) is 23.2 Å². The molecule has 4 rings (SSSR count). The third-order valence-electron chi connectivity index (χ3n) is 5.37. The van der Waals surface area contributed by atoms with E-state index in [1.807, 2.05) is 6.07 Å². The van der Waals surface area contributed by atoms with Gasteiger partial charge in [0.25, 0.3) is 5.91 Å². The molecule has 0 saturated carbocycles. The number of rotatable bonds is 4. The maximum Gasteiger partial charge on any atom is 0.251 e. The van der Waals surface area contributed by atoms with Crippen LogP contribution in [0.3, 0.4) is 0 Å². The molecule has 2 heterocycles. The molecule has 4 nitrogen and oxygen atoms in total. The first kappa shape index (κ1) is 19.9. The van der Waals surface area contributed by atoms with E-state index in [-0.39, 0.29) is 11.7 Å². The van der Waals surface area contributed by atoms with Gasteiger partial charge < -0.3 is 10.2 Å². The molecule has 29 heavy (non-hydrogen) atoms. The van der Waals surface area contributed by atoms with Crippen molar-refractivity contribution in [3.8, 4) is 0 Å². The number of fused-ring (bicyclic) bond motifs is 1. The fourth-order valence-corrected chi connectivity index (χ4v) is 4.03. The minimum absolute atomic E-state index is 0.151. The van der Waals surface area contributed by atoms with E-state index in [0.717, 1.165) is 42.5 Å². The van der Waals surface area contributed by atoms with Crippen LogP contribution in [0.1, 0.15) is 23.2 Å². The highest BCUT2D eigenvalue weighted by Crippen LogP contribution is 2.29. The van der Waals surface area contributed by atoms with Crippen LogP contribution in [0.2, 0.25) is 10.0 Å². The van der Waals surface area contributed by atoms with E-state index in [1.54, 1.807) is 36.5 Å². The summed E-state index contributed by atoms with van der Waals surface area (Å²) < 4.78 is 13.7. The summed E-state index contributed by atoms with van der Waals surface area (Å²) in [6.07, 6.45) is 3.65. The first-order valence-corrected chi connectivity index (χ1v) is 10.3. The summed E-state index contributed by atoms with van der Waals surface area (Å²) in [5.74, 6) is -0.0175. The summed E-state index contributed by atoms with van der Waals surface area (Å²) in [6, 6.07) is 11.5. The number of piperidine rings is 1. The zero-order valence-electron chi connectivity index (χ0n) is 15.7. The first-order chi connectivity index (χ1) is 14.0. The predicted molar refractivity (Wildman–Crippen MR) is 115 cm³/mol. The summed E-state index contributed by atoms with van der Waals surface area (Å²) in [7, 11) is 0. The largest absolute Gasteiger partial charge is 0.371 e. The molecule has 150 valence electrons. The quantitative estimate of drug-likeness (QED) is 0.607. The summed E-state index contributed by atoms with van der Waals surface area (Å²) in [5, 5.41) is 4.62. The van der Waals surface area contributed by atoms with Gasteiger partial charge in [0.1, 0.15) is 5.82 Å². The molecular formula is C22H20Cl2FN3O. The van der Waals surface area contributed by atoms with Crippen molar-refractivity contribution in [1.82, 2.24) is 10.3 Å². The number of nitrogens with zero attached hydrogens (tertiary/aromatic N) is 2. The average molecular weight is 432 g/mol. The zero-order valence-corrected chi connectivity index (χ0v) is 17.2. The smallest absolute Gasteiger partial charge is 0.251 e. The lowest BCUT2D eigenvalue weighted by Crippen LogP contribution is -2.38. The van der Waals surface area contributed by atoms with Crippen molar-refractivity contribution in [2.45, 2.75) is 12.8 Å². The van der Waals surface area contributed by atoms with Gasteiger partial charge in [-0.2, -0.15) is 0 Å². The summed E-state index contributed by atoms with van der Waals surface area (Å²) in [5.41, 5.74) is 2.30. The van der Waals surface area contributed by atoms with E-state index in [9.17, 15) is 9.18 Å². The van der Waals surface area contributed by atoms with Gasteiger partial charge in [-0.15, -0.1) is 0 Å². The molecule has 0 spiro atoms. The number of benzene rings is 2. The van der Waals surface area contributed by atoms with Crippen molar-refractivity contribution in [3.05, 3.63) is 70.1 Å². The van der Waals surface area contributed by atoms with Crippen molar-refractivity contribution < 1.29 is 9.18 Å². The van der Waals surface area contributed by atoms with Crippen LogP contribution < -0.4 is 10.2 Å². The van der Waals surface area contributed by atoms with Crippen LogP contribution >= 0.6 is 23.2 Å². The fourth-order valence-electron chi connectivity index (χ4n) is 3.73. The number of amides is 1. The fraction of sp³-hybridized carbons (Fsp3) is 0.273. The molecule has 2 aromatic carbocycles. The Morgan fingerprint density at radius 1 is 1.10 bits per heavy atom. The van der Waals surface area contributed by atoms with Crippen LogP contribution in [-0.2, 0) is 0 Å². The van der Waals surface area contributed by atoms with Crippen LogP contribution in [0, 0.1) is 11.7 Å². The van der Waals surface area contributed by atoms with E-state index in [1.165, 1.54) is 6.07 Å². The highest BCUT2D eigenvalue weighted by molar-refractivity contribution is 6.42. The van der Waals surface area contributed by atoms with Crippen LogP contribution in [0.4, 0.5) is 10.1 Å². The topological polar surface area (TPSA) is 45.2 Å². The molecule has 7 heteroatoms. The van der Waals surface area contributed by atoms with E-state index in [4.69, 9.17) is 23.2 Å². The van der Waals surface area contributed by atoms with E-state index < -0.39 is 0 Å². The van der Waals surface area contributed by atoms with Gasteiger partial charge in [0.15, 0.2) is 0 Å². The minimum Gasteiger partial charge on any atom is -0.371 e. The standard InChI is InChI=1S/C22H20Cl2FN3O/c23-18-3-1-15(11-19(18)24)22(29)27-13-14-6-9-28(10-7-14)21-5-8-26-20-4-2-16(25)12-17(20)21/h1-5,8,11-12,14H,6-7,9-10,13H2,(H,27,29). The van der Waals surface area contributed by atoms with Gasteiger partial charge in [0.05, 0.1) is 15.6 Å². The SMILES string of the molecule is O=C(NCC1CCN(c2ccnc3ccc(F)cc23)CC1)c1ccc(Cl)c(Cl)c1. The Hall–Kier alpha value is -2.37. The Labute approximate surface area is 178 Å². The molecule has 1 fully saturated rings. The molecule has 0 radical (unpaired) electrons. The lowest BCUT2D eigenvalue weighted by atomic mass is 9.96. The van der Waals surface area contributed by atoms with Crippen molar-refractivity contribution >= 4 is 45.7 Å². The molecule has 1 aliphatic rings. The number of aromatic nitrogens is 1. The molecule has 1 aliphatic heterocycles. The number of hydrogen-bond donors (Lipinski definition) is 1. The second-order valence-corrected chi connectivity index (χ2v) is 8.08. The minimum atomic E-state index is -0.258. The summed E-state index contributed by atoms with van der Waals surface area (Å²) in [4.78, 5) is 18.9. The third-order valence-corrected chi connectivity index (χ3v) is 6.11. The monoisotopic (exact) mass is 431 g/mol. The van der Waals surface area contributed by atoms with Gasteiger partial charge in [0, 0.05) is 42.5 Å². The van der Waals surface area contributed by atoms with E-state index >= 15 is 0 Å². The first-order valence-electron chi connectivity index (χ1n) is 9.54. The summed E-state index contributed by atoms with van der Waals surface area (Å²) in [6.45, 7) is 2.31. The molecule has 1 aromatic heterocycles. The van der Waals surface area contributed by atoms with Crippen LogP contribution in [0.15, 0.2) is 48.7 Å². The number of hydrogen-bond acceptors (Lipinski definition) is 3. The lowest BCUT2D eigenvalue weighted by Gasteiger charge is -2.34. The van der Waals surface area contributed by atoms with Crippen molar-refractivity contribution in [3.63, 3.8) is 0 Å². The van der Waals surface area contributed by atoms with Crippen molar-refractivity contribution in [1.29, 1.82) is 0 Å². The predicted octanol–water partition coefficient (Wildman–Crippen LogP) is 5.33. The highest BCUT2D eigenvalue weighted by atomic mass is 35.5. The molecule has 0 aliphatic carbocycles. The van der Waals surface area contributed by atoms with Gasteiger partial charge >= 0.3 is 0 Å². The Kier molecular flexibility index (Phi) is 5.88. The lowest BCUT2D eigenvalue weighted by molar-refractivity contribution is 0.0945. The number of pyridine rings is 1. The second kappa shape index (κ2) is 8.56. The Morgan fingerprint density at radius 2 is 1.90 bits per heavy atom. The van der Waals surface area contributed by atoms with E-state index in [0.29, 0.717) is 28.1 Å². The van der Waals surface area contributed by atoms with Gasteiger partial charge in [0.2, 0.25) is 0 Å². The Morgan fingerprint density at radius 3 is 2.66 bits per heavy atom. The Bertz CT molecular complexity index is 1050. The van der Waals surface area contributed by atoms with Gasteiger partial charge in [-0.05, 0) is 61.2 Å². The van der Waals surface area contributed by atoms with Crippen LogP contribution in [-0.4, -0.2) is 30.5 Å². The average Bonchev–Trinajstić information content (AvgIpc) is 2.74. The maximum absolute atomic E-state index is 13.7. The van der Waals surface area contributed by atoms with Crippen LogP contribution in [0.25, 0.3) is 10.9 Å². The number of carbonyl (C=O) groups is 1. The van der Waals surface area contributed by atoms with Crippen molar-refractivity contribution in [2.24, 2.45) is 5.92 Å². The molecule has 1 saturated heterocycles. The zero-order chi connectivity index (χ0) is 20.4.